The summed E-state index contributed by atoms with van der Waals surface area (Å²) in [7, 11) is -3.21. The van der Waals surface area contributed by atoms with E-state index in [2.05, 4.69) is 5.10 Å². The van der Waals surface area contributed by atoms with Crippen LogP contribution in [0.5, 0.6) is 0 Å². The molecule has 0 fully saturated rings. The Balaban J connectivity index is 2.43. The summed E-state index contributed by atoms with van der Waals surface area (Å²) in [6.07, 6.45) is 3.95. The molecule has 84 valence electrons. The number of nitrogens with zero attached hydrogens (tertiary/aromatic N) is 2. The number of sulfone groups is 1. The van der Waals surface area contributed by atoms with Crippen molar-refractivity contribution in [2.24, 2.45) is 0 Å². The number of aromatic nitrogens is 2. The summed E-state index contributed by atoms with van der Waals surface area (Å²) in [4.78, 5) is 0.198. The lowest BCUT2D eigenvalue weighted by molar-refractivity contribution is 0.602. The molecule has 2 N–H and O–H groups in total. The first-order valence-electron chi connectivity index (χ1n) is 4.57. The van der Waals surface area contributed by atoms with Gasteiger partial charge < -0.3 is 5.73 Å². The lowest BCUT2D eigenvalue weighted by Crippen LogP contribution is -1.96. The van der Waals surface area contributed by atoms with Gasteiger partial charge in [-0.1, -0.05) is 0 Å². The van der Waals surface area contributed by atoms with Gasteiger partial charge in [-0.2, -0.15) is 5.10 Å². The highest BCUT2D eigenvalue weighted by atomic mass is 32.2. The van der Waals surface area contributed by atoms with Crippen molar-refractivity contribution in [2.45, 2.75) is 4.90 Å². The van der Waals surface area contributed by atoms with Crippen LogP contribution < -0.4 is 5.73 Å². The molecular formula is C10H11N3O2S. The van der Waals surface area contributed by atoms with Crippen LogP contribution in [0.25, 0.3) is 5.69 Å². The number of rotatable bonds is 2. The molecule has 6 heteroatoms. The average Bonchev–Trinajstić information content (AvgIpc) is 2.67. The molecule has 1 heterocycles. The molecule has 0 atom stereocenters. The zero-order valence-corrected chi connectivity index (χ0v) is 9.48. The highest BCUT2D eigenvalue weighted by Crippen LogP contribution is 2.13. The first-order chi connectivity index (χ1) is 7.47. The van der Waals surface area contributed by atoms with E-state index >= 15 is 0 Å². The van der Waals surface area contributed by atoms with Crippen LogP contribution in [0.15, 0.2) is 41.6 Å². The number of benzene rings is 1. The molecule has 1 aromatic carbocycles. The maximum Gasteiger partial charge on any atom is 0.178 e. The zero-order chi connectivity index (χ0) is 11.8. The minimum Gasteiger partial charge on any atom is -0.399 e. The fourth-order valence-electron chi connectivity index (χ4n) is 1.27. The Morgan fingerprint density at radius 1 is 1.25 bits per heavy atom. The monoisotopic (exact) mass is 237 g/mol. The van der Waals surface area contributed by atoms with Gasteiger partial charge in [0, 0.05) is 18.1 Å². The van der Waals surface area contributed by atoms with Crippen molar-refractivity contribution < 1.29 is 8.42 Å². The molecule has 0 saturated carbocycles. The van der Waals surface area contributed by atoms with Crippen molar-refractivity contribution in [2.75, 3.05) is 12.0 Å². The number of hydrogen-bond donors (Lipinski definition) is 1. The second-order valence-electron chi connectivity index (χ2n) is 3.48. The van der Waals surface area contributed by atoms with Gasteiger partial charge in [-0.05, 0) is 24.3 Å². The second-order valence-corrected chi connectivity index (χ2v) is 5.50. The number of nitrogens with two attached hydrogens (primary N) is 1. The maximum atomic E-state index is 11.3. The van der Waals surface area contributed by atoms with Gasteiger partial charge in [-0.3, -0.25) is 0 Å². The lowest BCUT2D eigenvalue weighted by Gasteiger charge is -2.00. The summed E-state index contributed by atoms with van der Waals surface area (Å²) in [5.74, 6) is 0. The van der Waals surface area contributed by atoms with Crippen molar-refractivity contribution in [3.63, 3.8) is 0 Å². The maximum absolute atomic E-state index is 11.3. The van der Waals surface area contributed by atoms with Crippen LogP contribution in [0, 0.1) is 0 Å². The fraction of sp³-hybridized carbons (Fsp3) is 0.100. The molecule has 0 unspecified atom stereocenters. The third kappa shape index (κ3) is 2.06. The molecule has 0 radical (unpaired) electrons. The highest BCUT2D eigenvalue weighted by Gasteiger charge is 2.10. The number of nitrogen functional groups attached to an aromatic ring is 1. The molecular weight excluding hydrogens is 226 g/mol. The van der Waals surface area contributed by atoms with Crippen molar-refractivity contribution in [1.29, 1.82) is 0 Å². The SMILES string of the molecule is CS(=O)(=O)c1cnn(-c2ccc(N)cc2)c1. The van der Waals surface area contributed by atoms with E-state index in [4.69, 9.17) is 5.73 Å². The second kappa shape index (κ2) is 3.64. The van der Waals surface area contributed by atoms with Crippen LogP contribution in [0.2, 0.25) is 0 Å². The molecule has 16 heavy (non-hydrogen) atoms. The van der Waals surface area contributed by atoms with Crippen LogP contribution >= 0.6 is 0 Å². The van der Waals surface area contributed by atoms with Crippen molar-refractivity contribution in [3.8, 4) is 5.69 Å². The van der Waals surface area contributed by atoms with Gasteiger partial charge in [-0.15, -0.1) is 0 Å². The van der Waals surface area contributed by atoms with Crippen LogP contribution in [-0.2, 0) is 9.84 Å². The Bertz CT molecular complexity index is 599. The van der Waals surface area contributed by atoms with Gasteiger partial charge in [0.1, 0.15) is 4.90 Å². The van der Waals surface area contributed by atoms with E-state index in [0.717, 1.165) is 11.9 Å². The van der Waals surface area contributed by atoms with Crippen LogP contribution in [0.4, 0.5) is 5.69 Å². The summed E-state index contributed by atoms with van der Waals surface area (Å²) in [6, 6.07) is 7.01. The van der Waals surface area contributed by atoms with Gasteiger partial charge in [0.25, 0.3) is 0 Å². The molecule has 0 saturated heterocycles. The number of anilines is 1. The molecule has 5 nitrogen and oxygen atoms in total. The van der Waals surface area contributed by atoms with Gasteiger partial charge in [0.15, 0.2) is 9.84 Å². The van der Waals surface area contributed by atoms with E-state index in [-0.39, 0.29) is 4.90 Å². The highest BCUT2D eigenvalue weighted by molar-refractivity contribution is 7.90. The normalized spacial score (nSPS) is 11.6. The molecule has 0 amide bonds. The van der Waals surface area contributed by atoms with Gasteiger partial charge in [0.2, 0.25) is 0 Å². The lowest BCUT2D eigenvalue weighted by atomic mass is 10.3. The third-order valence-corrected chi connectivity index (χ3v) is 3.21. The van der Waals surface area contributed by atoms with Crippen molar-refractivity contribution >= 4 is 15.5 Å². The molecule has 0 aliphatic carbocycles. The Hall–Kier alpha value is -1.82. The van der Waals surface area contributed by atoms with E-state index in [1.54, 1.807) is 24.3 Å². The molecule has 0 bridgehead atoms. The first-order valence-corrected chi connectivity index (χ1v) is 6.46. The predicted molar refractivity (Wildman–Crippen MR) is 61.1 cm³/mol. The Morgan fingerprint density at radius 2 is 1.88 bits per heavy atom. The van der Waals surface area contributed by atoms with Crippen molar-refractivity contribution in [3.05, 3.63) is 36.7 Å². The third-order valence-electron chi connectivity index (χ3n) is 2.14. The van der Waals surface area contributed by atoms with E-state index in [1.165, 1.54) is 17.1 Å². The molecule has 1 aromatic heterocycles. The smallest absolute Gasteiger partial charge is 0.178 e. The van der Waals surface area contributed by atoms with Crippen LogP contribution in [0.1, 0.15) is 0 Å². The average molecular weight is 237 g/mol. The Kier molecular flexibility index (Phi) is 2.43. The van der Waals surface area contributed by atoms with Crippen LogP contribution in [0.3, 0.4) is 0 Å². The first kappa shape index (κ1) is 10.7. The summed E-state index contributed by atoms with van der Waals surface area (Å²) in [6.45, 7) is 0. The van der Waals surface area contributed by atoms with Gasteiger partial charge >= 0.3 is 0 Å². The van der Waals surface area contributed by atoms with E-state index < -0.39 is 9.84 Å². The summed E-state index contributed by atoms with van der Waals surface area (Å²) >= 11 is 0. The minimum absolute atomic E-state index is 0.198. The topological polar surface area (TPSA) is 78.0 Å². The zero-order valence-electron chi connectivity index (χ0n) is 8.66. The Labute approximate surface area is 93.4 Å². The van der Waals surface area contributed by atoms with E-state index in [0.29, 0.717) is 5.69 Å². The molecule has 0 spiro atoms. The van der Waals surface area contributed by atoms with E-state index in [9.17, 15) is 8.42 Å². The van der Waals surface area contributed by atoms with Gasteiger partial charge in [0.05, 0.1) is 11.9 Å². The minimum atomic E-state index is -3.21. The number of hydrogen-bond acceptors (Lipinski definition) is 4. The molecule has 0 aliphatic heterocycles. The molecule has 2 rings (SSSR count). The largest absolute Gasteiger partial charge is 0.399 e. The molecule has 0 aliphatic rings. The quantitative estimate of drug-likeness (QED) is 0.786. The van der Waals surface area contributed by atoms with Crippen LogP contribution in [-0.4, -0.2) is 24.5 Å². The van der Waals surface area contributed by atoms with Crippen molar-refractivity contribution in [1.82, 2.24) is 9.78 Å². The molecule has 2 aromatic rings. The van der Waals surface area contributed by atoms with E-state index in [1.807, 2.05) is 0 Å². The standard InChI is InChI=1S/C10H11N3O2S/c1-16(14,15)10-6-12-13(7-10)9-4-2-8(11)3-5-9/h2-7H,11H2,1H3. The summed E-state index contributed by atoms with van der Waals surface area (Å²) < 4.78 is 24.0. The Morgan fingerprint density at radius 3 is 2.38 bits per heavy atom. The summed E-state index contributed by atoms with van der Waals surface area (Å²) in [5.41, 5.74) is 6.97. The summed E-state index contributed by atoms with van der Waals surface area (Å²) in [5, 5.41) is 3.98. The van der Waals surface area contributed by atoms with Gasteiger partial charge in [-0.25, -0.2) is 13.1 Å². The predicted octanol–water partition coefficient (Wildman–Crippen LogP) is 0.858. The fourth-order valence-corrected chi connectivity index (χ4v) is 1.80.